The van der Waals surface area contributed by atoms with Crippen molar-refractivity contribution in [2.75, 3.05) is 19.9 Å². The van der Waals surface area contributed by atoms with Gasteiger partial charge < -0.3 is 15.4 Å². The molecule has 1 aromatic rings. The monoisotopic (exact) mass is 276 g/mol. The van der Waals surface area contributed by atoms with E-state index in [4.69, 9.17) is 10.5 Å². The van der Waals surface area contributed by atoms with Gasteiger partial charge in [0, 0.05) is 13.1 Å². The number of carbonyl (C=O) groups excluding carboxylic acids is 1. The fourth-order valence-electron chi connectivity index (χ4n) is 3.06. The van der Waals surface area contributed by atoms with Crippen molar-refractivity contribution in [2.45, 2.75) is 38.6 Å². The maximum absolute atomic E-state index is 12.7. The quantitative estimate of drug-likeness (QED) is 0.864. The maximum atomic E-state index is 12.7. The summed E-state index contributed by atoms with van der Waals surface area (Å²) in [7, 11) is 3.43. The van der Waals surface area contributed by atoms with E-state index in [1.165, 1.54) is 12.8 Å². The van der Waals surface area contributed by atoms with Crippen molar-refractivity contribution in [2.24, 2.45) is 5.92 Å². The molecule has 110 valence electrons. The number of anilines is 1. The van der Waals surface area contributed by atoms with Gasteiger partial charge >= 0.3 is 0 Å². The third kappa shape index (κ3) is 2.89. The molecule has 20 heavy (non-hydrogen) atoms. The van der Waals surface area contributed by atoms with E-state index in [1.807, 2.05) is 11.9 Å². The number of rotatable bonds is 3. The summed E-state index contributed by atoms with van der Waals surface area (Å²) in [5.41, 5.74) is 6.93. The number of nitrogens with zero attached hydrogens (tertiary/aromatic N) is 1. The summed E-state index contributed by atoms with van der Waals surface area (Å²) in [4.78, 5) is 14.5. The van der Waals surface area contributed by atoms with Crippen LogP contribution in [-0.2, 0) is 0 Å². The Morgan fingerprint density at radius 1 is 1.40 bits per heavy atom. The first-order valence-corrected chi connectivity index (χ1v) is 7.24. The number of nitrogen functional groups attached to an aromatic ring is 1. The number of carbonyl (C=O) groups is 1. The lowest BCUT2D eigenvalue weighted by atomic mass is 9.86. The van der Waals surface area contributed by atoms with Crippen molar-refractivity contribution in [3.63, 3.8) is 0 Å². The van der Waals surface area contributed by atoms with Gasteiger partial charge in [-0.2, -0.15) is 0 Å². The molecule has 2 atom stereocenters. The summed E-state index contributed by atoms with van der Waals surface area (Å²) in [6.45, 7) is 2.26. The van der Waals surface area contributed by atoms with Crippen LogP contribution in [0.4, 0.5) is 5.69 Å². The summed E-state index contributed by atoms with van der Waals surface area (Å²) >= 11 is 0. The number of ether oxygens (including phenoxy) is 1. The Kier molecular flexibility index (Phi) is 4.53. The molecule has 2 N–H and O–H groups in total. The van der Waals surface area contributed by atoms with Crippen molar-refractivity contribution >= 4 is 11.6 Å². The fourth-order valence-corrected chi connectivity index (χ4v) is 3.06. The van der Waals surface area contributed by atoms with Crippen LogP contribution in [0.3, 0.4) is 0 Å². The first-order valence-electron chi connectivity index (χ1n) is 7.24. The van der Waals surface area contributed by atoms with Gasteiger partial charge in [0.15, 0.2) is 5.75 Å². The molecule has 1 saturated carbocycles. The standard InChI is InChI=1S/C16H24N2O2/c1-11-6-4-7-12(10-11)18(2)16(19)13-8-5-9-14(17)15(13)20-3/h5,8-9,11-12H,4,6-7,10,17H2,1-3H3. The normalized spacial score (nSPS) is 22.4. The van der Waals surface area contributed by atoms with Crippen molar-refractivity contribution in [3.05, 3.63) is 23.8 Å². The minimum Gasteiger partial charge on any atom is -0.494 e. The van der Waals surface area contributed by atoms with E-state index >= 15 is 0 Å². The Morgan fingerprint density at radius 3 is 2.80 bits per heavy atom. The highest BCUT2D eigenvalue weighted by Gasteiger charge is 2.27. The van der Waals surface area contributed by atoms with E-state index in [-0.39, 0.29) is 5.91 Å². The molecule has 0 saturated heterocycles. The van der Waals surface area contributed by atoms with Crippen LogP contribution in [0.25, 0.3) is 0 Å². The van der Waals surface area contributed by atoms with E-state index in [1.54, 1.807) is 25.3 Å². The van der Waals surface area contributed by atoms with Gasteiger partial charge in [-0.25, -0.2) is 0 Å². The molecule has 0 radical (unpaired) electrons. The molecule has 2 rings (SSSR count). The zero-order valence-corrected chi connectivity index (χ0v) is 12.6. The second-order valence-electron chi connectivity index (χ2n) is 5.77. The third-order valence-electron chi connectivity index (χ3n) is 4.26. The van der Waals surface area contributed by atoms with Gasteiger partial charge in [-0.05, 0) is 30.9 Å². The second kappa shape index (κ2) is 6.16. The van der Waals surface area contributed by atoms with E-state index in [2.05, 4.69) is 6.92 Å². The molecule has 4 nitrogen and oxygen atoms in total. The molecule has 1 aromatic carbocycles. The number of benzene rings is 1. The zero-order valence-electron chi connectivity index (χ0n) is 12.6. The predicted octanol–water partition coefficient (Wildman–Crippen LogP) is 2.93. The van der Waals surface area contributed by atoms with Crippen molar-refractivity contribution < 1.29 is 9.53 Å². The van der Waals surface area contributed by atoms with Crippen LogP contribution < -0.4 is 10.5 Å². The van der Waals surface area contributed by atoms with Gasteiger partial charge in [0.25, 0.3) is 5.91 Å². The van der Waals surface area contributed by atoms with Crippen molar-refractivity contribution in [1.82, 2.24) is 4.90 Å². The average molecular weight is 276 g/mol. The lowest BCUT2D eigenvalue weighted by Crippen LogP contribution is -2.40. The van der Waals surface area contributed by atoms with Crippen LogP contribution in [0.2, 0.25) is 0 Å². The minimum atomic E-state index is -0.00625. The maximum Gasteiger partial charge on any atom is 0.257 e. The number of amides is 1. The number of hydrogen-bond acceptors (Lipinski definition) is 3. The van der Waals surface area contributed by atoms with Crippen LogP contribution in [-0.4, -0.2) is 31.0 Å². The lowest BCUT2D eigenvalue weighted by molar-refractivity contribution is 0.0669. The largest absolute Gasteiger partial charge is 0.494 e. The number of para-hydroxylation sites is 1. The minimum absolute atomic E-state index is 0.00625. The first kappa shape index (κ1) is 14.7. The highest BCUT2D eigenvalue weighted by molar-refractivity contribution is 5.98. The van der Waals surface area contributed by atoms with Crippen LogP contribution >= 0.6 is 0 Å². The molecule has 4 heteroatoms. The summed E-state index contributed by atoms with van der Waals surface area (Å²) in [6, 6.07) is 5.64. The Balaban J connectivity index is 2.20. The molecule has 2 unspecified atom stereocenters. The van der Waals surface area contributed by atoms with Gasteiger partial charge in [0.05, 0.1) is 18.4 Å². The Labute approximate surface area is 120 Å². The molecule has 0 spiro atoms. The molecule has 0 bridgehead atoms. The van der Waals surface area contributed by atoms with Crippen LogP contribution in [0, 0.1) is 5.92 Å². The van der Waals surface area contributed by atoms with Gasteiger partial charge in [-0.1, -0.05) is 25.8 Å². The number of nitrogens with two attached hydrogens (primary N) is 1. The fraction of sp³-hybridized carbons (Fsp3) is 0.562. The van der Waals surface area contributed by atoms with Crippen LogP contribution in [0.5, 0.6) is 5.75 Å². The molecule has 0 aliphatic heterocycles. The average Bonchev–Trinajstić information content (AvgIpc) is 2.45. The van der Waals surface area contributed by atoms with Crippen molar-refractivity contribution in [3.8, 4) is 5.75 Å². The van der Waals surface area contributed by atoms with Crippen LogP contribution in [0.1, 0.15) is 43.0 Å². The van der Waals surface area contributed by atoms with Gasteiger partial charge in [-0.3, -0.25) is 4.79 Å². The van der Waals surface area contributed by atoms with Crippen molar-refractivity contribution in [1.29, 1.82) is 0 Å². The second-order valence-corrected chi connectivity index (χ2v) is 5.77. The SMILES string of the molecule is COc1c(N)cccc1C(=O)N(C)C1CCCC(C)C1. The summed E-state index contributed by atoms with van der Waals surface area (Å²) in [5, 5.41) is 0. The lowest BCUT2D eigenvalue weighted by Gasteiger charge is -2.34. The molecule has 1 fully saturated rings. The van der Waals surface area contributed by atoms with E-state index in [9.17, 15) is 4.79 Å². The Hall–Kier alpha value is -1.71. The van der Waals surface area contributed by atoms with Crippen LogP contribution in [0.15, 0.2) is 18.2 Å². The van der Waals surface area contributed by atoms with E-state index in [0.717, 1.165) is 12.8 Å². The Bertz CT molecular complexity index is 487. The smallest absolute Gasteiger partial charge is 0.257 e. The molecule has 1 aliphatic rings. The van der Waals surface area contributed by atoms with E-state index < -0.39 is 0 Å². The summed E-state index contributed by atoms with van der Waals surface area (Å²) in [6.07, 6.45) is 4.61. The Morgan fingerprint density at radius 2 is 2.15 bits per heavy atom. The topological polar surface area (TPSA) is 55.6 Å². The molecule has 1 aliphatic carbocycles. The molecule has 0 aromatic heterocycles. The predicted molar refractivity (Wildman–Crippen MR) is 80.9 cm³/mol. The molecule has 1 amide bonds. The van der Waals surface area contributed by atoms with E-state index in [0.29, 0.717) is 29.0 Å². The molecular weight excluding hydrogens is 252 g/mol. The zero-order chi connectivity index (χ0) is 14.7. The number of hydrogen-bond donors (Lipinski definition) is 1. The molecular formula is C16H24N2O2. The number of methoxy groups -OCH3 is 1. The third-order valence-corrected chi connectivity index (χ3v) is 4.26. The van der Waals surface area contributed by atoms with Gasteiger partial charge in [0.1, 0.15) is 0 Å². The van der Waals surface area contributed by atoms with Gasteiger partial charge in [-0.15, -0.1) is 0 Å². The first-order chi connectivity index (χ1) is 9.54. The summed E-state index contributed by atoms with van der Waals surface area (Å²) in [5.74, 6) is 1.16. The molecule has 0 heterocycles. The summed E-state index contributed by atoms with van der Waals surface area (Å²) < 4.78 is 5.28. The highest BCUT2D eigenvalue weighted by atomic mass is 16.5. The van der Waals surface area contributed by atoms with Gasteiger partial charge in [0.2, 0.25) is 0 Å². The highest BCUT2D eigenvalue weighted by Crippen LogP contribution is 2.31.